The molecule has 0 unspecified atom stereocenters. The minimum absolute atomic E-state index is 0.00343. The summed E-state index contributed by atoms with van der Waals surface area (Å²) in [5.74, 6) is -1.39. The summed E-state index contributed by atoms with van der Waals surface area (Å²) >= 11 is 0. The van der Waals surface area contributed by atoms with Gasteiger partial charge in [-0.2, -0.15) is 0 Å². The van der Waals surface area contributed by atoms with Crippen LogP contribution in [-0.2, 0) is 0 Å². The number of rotatable bonds is 1. The van der Waals surface area contributed by atoms with E-state index in [4.69, 9.17) is 5.11 Å². The molecular formula is C11H9NO3. The van der Waals surface area contributed by atoms with Crippen molar-refractivity contribution in [2.24, 2.45) is 0 Å². The van der Waals surface area contributed by atoms with E-state index in [2.05, 4.69) is 0 Å². The van der Waals surface area contributed by atoms with E-state index in [1.807, 2.05) is 0 Å². The summed E-state index contributed by atoms with van der Waals surface area (Å²) in [5.41, 5.74) is 0.631. The zero-order valence-electron chi connectivity index (χ0n) is 8.10. The van der Waals surface area contributed by atoms with Crippen molar-refractivity contribution in [1.29, 1.82) is 0 Å². The fourth-order valence-corrected chi connectivity index (χ4v) is 1.65. The van der Waals surface area contributed by atoms with Crippen molar-refractivity contribution in [2.75, 3.05) is 0 Å². The van der Waals surface area contributed by atoms with E-state index in [0.29, 0.717) is 5.52 Å². The third-order valence-electron chi connectivity index (χ3n) is 2.24. The molecule has 0 bridgehead atoms. The van der Waals surface area contributed by atoms with Crippen LogP contribution in [0.3, 0.4) is 0 Å². The standard InChI is InChI=1S/C11H9NO3/c1-7(13)12-9-5-3-2-4-8(9)6-10(12)11(14)15/h2-6H,1H3,(H,14,15). The van der Waals surface area contributed by atoms with E-state index in [-0.39, 0.29) is 11.6 Å². The molecule has 4 nitrogen and oxygen atoms in total. The summed E-state index contributed by atoms with van der Waals surface area (Å²) in [4.78, 5) is 22.3. The molecule has 1 aromatic carbocycles. The summed E-state index contributed by atoms with van der Waals surface area (Å²) in [6, 6.07) is 8.58. The Morgan fingerprint density at radius 2 is 1.93 bits per heavy atom. The van der Waals surface area contributed by atoms with E-state index in [9.17, 15) is 9.59 Å². The molecule has 0 atom stereocenters. The second-order valence-corrected chi connectivity index (χ2v) is 3.25. The van der Waals surface area contributed by atoms with Gasteiger partial charge in [0.1, 0.15) is 5.69 Å². The number of fused-ring (bicyclic) bond motifs is 1. The number of hydrogen-bond donors (Lipinski definition) is 1. The average Bonchev–Trinajstić information content (AvgIpc) is 2.56. The van der Waals surface area contributed by atoms with Crippen LogP contribution >= 0.6 is 0 Å². The fourth-order valence-electron chi connectivity index (χ4n) is 1.65. The van der Waals surface area contributed by atoms with Gasteiger partial charge in [0.15, 0.2) is 0 Å². The molecule has 4 heteroatoms. The molecule has 15 heavy (non-hydrogen) atoms. The summed E-state index contributed by atoms with van der Waals surface area (Å²) in [5, 5.41) is 9.70. The molecule has 1 N–H and O–H groups in total. The predicted octanol–water partition coefficient (Wildman–Crippen LogP) is 2.00. The van der Waals surface area contributed by atoms with E-state index < -0.39 is 5.97 Å². The maximum atomic E-state index is 11.3. The molecule has 0 saturated carbocycles. The molecular weight excluding hydrogens is 194 g/mol. The van der Waals surface area contributed by atoms with Crippen LogP contribution in [0.1, 0.15) is 22.2 Å². The van der Waals surface area contributed by atoms with Crippen LogP contribution in [0.5, 0.6) is 0 Å². The minimum atomic E-state index is -1.10. The number of aromatic nitrogens is 1. The number of aromatic carboxylic acids is 1. The van der Waals surface area contributed by atoms with Gasteiger partial charge in [0.05, 0.1) is 5.52 Å². The van der Waals surface area contributed by atoms with Gasteiger partial charge in [-0.3, -0.25) is 9.36 Å². The van der Waals surface area contributed by atoms with Crippen LogP contribution in [0, 0.1) is 0 Å². The lowest BCUT2D eigenvalue weighted by Gasteiger charge is -2.01. The molecule has 0 aliphatic heterocycles. The van der Waals surface area contributed by atoms with Gasteiger partial charge < -0.3 is 5.11 Å². The van der Waals surface area contributed by atoms with Gasteiger partial charge in [-0.1, -0.05) is 18.2 Å². The van der Waals surface area contributed by atoms with Crippen molar-refractivity contribution in [3.05, 3.63) is 36.0 Å². The van der Waals surface area contributed by atoms with Crippen LogP contribution in [0.25, 0.3) is 10.9 Å². The third-order valence-corrected chi connectivity index (χ3v) is 2.24. The molecule has 0 saturated heterocycles. The number of benzene rings is 1. The summed E-state index contributed by atoms with van der Waals surface area (Å²) in [6.45, 7) is 1.35. The first kappa shape index (κ1) is 9.45. The van der Waals surface area contributed by atoms with E-state index in [1.165, 1.54) is 17.6 Å². The largest absolute Gasteiger partial charge is 0.477 e. The lowest BCUT2D eigenvalue weighted by Crippen LogP contribution is -2.13. The molecule has 0 radical (unpaired) electrons. The first-order chi connectivity index (χ1) is 7.11. The van der Waals surface area contributed by atoms with Crippen molar-refractivity contribution < 1.29 is 14.7 Å². The highest BCUT2D eigenvalue weighted by Gasteiger charge is 2.16. The topological polar surface area (TPSA) is 59.3 Å². The Labute approximate surface area is 85.7 Å². The smallest absolute Gasteiger partial charge is 0.352 e. The summed E-state index contributed by atoms with van der Waals surface area (Å²) in [7, 11) is 0. The Bertz CT molecular complexity index is 554. The molecule has 0 aliphatic carbocycles. The lowest BCUT2D eigenvalue weighted by molar-refractivity contribution is 0.0676. The van der Waals surface area contributed by atoms with Gasteiger partial charge >= 0.3 is 5.97 Å². The van der Waals surface area contributed by atoms with Gasteiger partial charge in [-0.15, -0.1) is 0 Å². The molecule has 0 amide bonds. The number of nitrogens with zero attached hydrogens (tertiary/aromatic N) is 1. The average molecular weight is 203 g/mol. The van der Waals surface area contributed by atoms with E-state index >= 15 is 0 Å². The van der Waals surface area contributed by atoms with Crippen LogP contribution < -0.4 is 0 Å². The number of carboxylic acids is 1. The maximum absolute atomic E-state index is 11.3. The van der Waals surface area contributed by atoms with Crippen molar-refractivity contribution >= 4 is 22.8 Å². The van der Waals surface area contributed by atoms with Crippen molar-refractivity contribution in [3.63, 3.8) is 0 Å². The van der Waals surface area contributed by atoms with Crippen LogP contribution in [0.4, 0.5) is 0 Å². The van der Waals surface area contributed by atoms with Crippen molar-refractivity contribution in [3.8, 4) is 0 Å². The molecule has 0 spiro atoms. The SMILES string of the molecule is CC(=O)n1c(C(=O)O)cc2ccccc21. The highest BCUT2D eigenvalue weighted by atomic mass is 16.4. The highest BCUT2D eigenvalue weighted by Crippen LogP contribution is 2.19. The Kier molecular flexibility index (Phi) is 2.04. The Morgan fingerprint density at radius 3 is 2.53 bits per heavy atom. The molecule has 1 aromatic heterocycles. The van der Waals surface area contributed by atoms with Gasteiger partial charge in [0.25, 0.3) is 0 Å². The zero-order valence-corrected chi connectivity index (χ0v) is 8.10. The van der Waals surface area contributed by atoms with Gasteiger partial charge in [-0.05, 0) is 12.1 Å². The first-order valence-electron chi connectivity index (χ1n) is 4.46. The lowest BCUT2D eigenvalue weighted by atomic mass is 10.2. The number of carboxylic acid groups (broad SMARTS) is 1. The second-order valence-electron chi connectivity index (χ2n) is 3.25. The maximum Gasteiger partial charge on any atom is 0.352 e. The molecule has 76 valence electrons. The van der Waals surface area contributed by atoms with E-state index in [0.717, 1.165) is 5.39 Å². The van der Waals surface area contributed by atoms with Crippen molar-refractivity contribution in [2.45, 2.75) is 6.92 Å². The number of carbonyl (C=O) groups is 2. The molecule has 2 rings (SSSR count). The van der Waals surface area contributed by atoms with Crippen molar-refractivity contribution in [1.82, 2.24) is 4.57 Å². The Balaban J connectivity index is 2.86. The monoisotopic (exact) mass is 203 g/mol. The molecule has 0 fully saturated rings. The molecule has 0 aliphatic rings. The van der Waals surface area contributed by atoms with Crippen LogP contribution in [0.15, 0.2) is 30.3 Å². The highest BCUT2D eigenvalue weighted by molar-refractivity contribution is 6.01. The van der Waals surface area contributed by atoms with Gasteiger partial charge in [0.2, 0.25) is 5.91 Å². The summed E-state index contributed by atoms with van der Waals surface area (Å²) in [6.07, 6.45) is 0. The van der Waals surface area contributed by atoms with Gasteiger partial charge in [0, 0.05) is 12.3 Å². The Morgan fingerprint density at radius 1 is 1.27 bits per heavy atom. The van der Waals surface area contributed by atoms with Crippen LogP contribution in [0.2, 0.25) is 0 Å². The first-order valence-corrected chi connectivity index (χ1v) is 4.46. The number of para-hydroxylation sites is 1. The Hall–Kier alpha value is -2.10. The molecule has 2 aromatic rings. The van der Waals surface area contributed by atoms with E-state index in [1.54, 1.807) is 24.3 Å². The zero-order chi connectivity index (χ0) is 11.0. The van der Waals surface area contributed by atoms with Gasteiger partial charge in [-0.25, -0.2) is 4.79 Å². The number of hydrogen-bond acceptors (Lipinski definition) is 2. The second kappa shape index (κ2) is 3.24. The minimum Gasteiger partial charge on any atom is -0.477 e. The quantitative estimate of drug-likeness (QED) is 0.771. The third kappa shape index (κ3) is 1.40. The fraction of sp³-hybridized carbons (Fsp3) is 0.0909. The summed E-state index contributed by atoms with van der Waals surface area (Å²) < 4.78 is 1.21. The molecule has 1 heterocycles. The number of carbonyl (C=O) groups excluding carboxylic acids is 1. The normalized spacial score (nSPS) is 10.5. The predicted molar refractivity (Wildman–Crippen MR) is 55.2 cm³/mol. The van der Waals surface area contributed by atoms with Crippen LogP contribution in [-0.4, -0.2) is 21.6 Å².